The number of alkyl halides is 1. The first-order valence-corrected chi connectivity index (χ1v) is 10.4. The van der Waals surface area contributed by atoms with Crippen molar-refractivity contribution in [1.82, 2.24) is 4.90 Å². The van der Waals surface area contributed by atoms with Crippen molar-refractivity contribution >= 4 is 33.8 Å². The maximum Gasteiger partial charge on any atom is 0.286 e. The van der Waals surface area contributed by atoms with Crippen molar-refractivity contribution in [1.29, 1.82) is 0 Å². The Bertz CT molecular complexity index is 681. The maximum atomic E-state index is 12.7. The van der Waals surface area contributed by atoms with Gasteiger partial charge in [-0.3, -0.25) is 14.9 Å². The SMILES string of the molecule is CCCC.COc1cc(C(=O)N2CCC[C@H]2C=O)c([N+](=O)[O-])cc1OCCBr. The van der Waals surface area contributed by atoms with Crippen molar-refractivity contribution in [3.05, 3.63) is 27.8 Å². The van der Waals surface area contributed by atoms with Crippen LogP contribution >= 0.6 is 15.9 Å². The number of aldehydes is 1. The number of nitro groups is 1. The molecule has 9 heteroatoms. The Balaban J connectivity index is 0.000000892. The van der Waals surface area contributed by atoms with Gasteiger partial charge in [0.05, 0.1) is 30.7 Å². The van der Waals surface area contributed by atoms with Crippen LogP contribution in [0.25, 0.3) is 0 Å². The Morgan fingerprint density at radius 1 is 1.36 bits per heavy atom. The Morgan fingerprint density at radius 2 is 2.04 bits per heavy atom. The van der Waals surface area contributed by atoms with E-state index in [1.165, 1.54) is 37.0 Å². The fourth-order valence-corrected chi connectivity index (χ4v) is 2.80. The molecule has 1 aliphatic heterocycles. The monoisotopic (exact) mass is 458 g/mol. The zero-order chi connectivity index (χ0) is 21.1. The van der Waals surface area contributed by atoms with Crippen LogP contribution in [0.5, 0.6) is 11.5 Å². The molecule has 156 valence electrons. The highest BCUT2D eigenvalue weighted by atomic mass is 79.9. The van der Waals surface area contributed by atoms with Gasteiger partial charge in [0.2, 0.25) is 0 Å². The van der Waals surface area contributed by atoms with Gasteiger partial charge in [0.15, 0.2) is 11.5 Å². The number of carbonyl (C=O) groups excluding carboxylic acids is 2. The molecule has 8 nitrogen and oxygen atoms in total. The number of halogens is 1. The van der Waals surface area contributed by atoms with Gasteiger partial charge in [-0.05, 0) is 12.8 Å². The molecule has 1 atom stereocenters. The van der Waals surface area contributed by atoms with Crippen LogP contribution in [0.2, 0.25) is 0 Å². The number of benzene rings is 1. The van der Waals surface area contributed by atoms with Crippen molar-refractivity contribution in [3.8, 4) is 11.5 Å². The third kappa shape index (κ3) is 6.19. The minimum atomic E-state index is -0.639. The second-order valence-electron chi connectivity index (χ2n) is 6.16. The predicted octanol–water partition coefficient (Wildman–Crippen LogP) is 3.99. The molecule has 1 amide bonds. The molecule has 0 bridgehead atoms. The Morgan fingerprint density at radius 3 is 2.54 bits per heavy atom. The highest BCUT2D eigenvalue weighted by molar-refractivity contribution is 9.09. The van der Waals surface area contributed by atoms with Gasteiger partial charge in [-0.2, -0.15) is 0 Å². The van der Waals surface area contributed by atoms with E-state index in [0.717, 1.165) is 0 Å². The van der Waals surface area contributed by atoms with Gasteiger partial charge in [0.1, 0.15) is 11.8 Å². The summed E-state index contributed by atoms with van der Waals surface area (Å²) >= 11 is 3.20. The van der Waals surface area contributed by atoms with Gasteiger partial charge in [-0.15, -0.1) is 0 Å². The third-order valence-corrected chi connectivity index (χ3v) is 4.58. The lowest BCUT2D eigenvalue weighted by Gasteiger charge is -2.21. The minimum Gasteiger partial charge on any atom is -0.493 e. The van der Waals surface area contributed by atoms with E-state index in [1.807, 2.05) is 0 Å². The van der Waals surface area contributed by atoms with Crippen molar-refractivity contribution < 1.29 is 24.0 Å². The van der Waals surface area contributed by atoms with E-state index in [0.29, 0.717) is 37.6 Å². The summed E-state index contributed by atoms with van der Waals surface area (Å²) in [5.74, 6) is -0.137. The molecule has 1 saturated heterocycles. The first-order valence-electron chi connectivity index (χ1n) is 9.26. The topological polar surface area (TPSA) is 99.0 Å². The number of methoxy groups -OCH3 is 1. The fraction of sp³-hybridized carbons (Fsp3) is 0.579. The van der Waals surface area contributed by atoms with Gasteiger partial charge in [0.25, 0.3) is 11.6 Å². The van der Waals surface area contributed by atoms with Crippen molar-refractivity contribution in [2.45, 2.75) is 45.6 Å². The van der Waals surface area contributed by atoms with Gasteiger partial charge in [-0.1, -0.05) is 42.6 Å². The number of rotatable bonds is 8. The fourth-order valence-electron chi connectivity index (χ4n) is 2.63. The van der Waals surface area contributed by atoms with Crippen LogP contribution in [-0.2, 0) is 4.79 Å². The standard InChI is InChI=1S/C15H17BrN2O6.C4H10/c1-23-13-7-11(15(20)17-5-2-3-10(17)9-19)12(18(21)22)8-14(13)24-6-4-16;1-3-4-2/h7-10H,2-6H2,1H3;3-4H2,1-2H3/t10-;/m0./s1. The minimum absolute atomic E-state index is 0.114. The summed E-state index contributed by atoms with van der Waals surface area (Å²) in [5, 5.41) is 11.9. The molecule has 1 aromatic carbocycles. The van der Waals surface area contributed by atoms with Gasteiger partial charge in [0, 0.05) is 17.9 Å². The normalized spacial score (nSPS) is 15.4. The molecule has 1 fully saturated rings. The first-order chi connectivity index (χ1) is 13.4. The summed E-state index contributed by atoms with van der Waals surface area (Å²) in [6.45, 7) is 5.05. The van der Waals surface area contributed by atoms with Gasteiger partial charge >= 0.3 is 0 Å². The van der Waals surface area contributed by atoms with Crippen LogP contribution in [0.4, 0.5) is 5.69 Å². The average molecular weight is 459 g/mol. The highest BCUT2D eigenvalue weighted by Gasteiger charge is 2.34. The molecule has 2 rings (SSSR count). The second-order valence-corrected chi connectivity index (χ2v) is 6.95. The van der Waals surface area contributed by atoms with Crippen LogP contribution in [0.3, 0.4) is 0 Å². The lowest BCUT2D eigenvalue weighted by molar-refractivity contribution is -0.385. The van der Waals surface area contributed by atoms with Crippen molar-refractivity contribution in [2.24, 2.45) is 0 Å². The van der Waals surface area contributed by atoms with E-state index >= 15 is 0 Å². The van der Waals surface area contributed by atoms with Gasteiger partial charge < -0.3 is 19.2 Å². The third-order valence-electron chi connectivity index (χ3n) is 4.26. The Labute approximate surface area is 173 Å². The molecule has 0 saturated carbocycles. The largest absolute Gasteiger partial charge is 0.493 e. The molecule has 0 spiro atoms. The number of hydrogen-bond acceptors (Lipinski definition) is 6. The Hall–Kier alpha value is -2.16. The highest BCUT2D eigenvalue weighted by Crippen LogP contribution is 2.36. The summed E-state index contributed by atoms with van der Waals surface area (Å²) in [5.41, 5.74) is -0.487. The summed E-state index contributed by atoms with van der Waals surface area (Å²) in [4.78, 5) is 35.9. The Kier molecular flexibility index (Phi) is 10.5. The quantitative estimate of drug-likeness (QED) is 0.252. The van der Waals surface area contributed by atoms with Crippen LogP contribution < -0.4 is 9.47 Å². The van der Waals surface area contributed by atoms with E-state index in [2.05, 4.69) is 29.8 Å². The molecule has 0 N–H and O–H groups in total. The number of amides is 1. The maximum absolute atomic E-state index is 12.7. The first kappa shape index (κ1) is 23.9. The predicted molar refractivity (Wildman–Crippen MR) is 110 cm³/mol. The number of unbranched alkanes of at least 4 members (excludes halogenated alkanes) is 1. The number of likely N-dealkylation sites (tertiary alicyclic amines) is 1. The summed E-state index contributed by atoms with van der Waals surface area (Å²) in [7, 11) is 1.39. The smallest absolute Gasteiger partial charge is 0.286 e. The number of nitro benzene ring substituents is 1. The van der Waals surface area contributed by atoms with Crippen LogP contribution in [0, 0.1) is 10.1 Å². The van der Waals surface area contributed by atoms with E-state index in [1.54, 1.807) is 0 Å². The van der Waals surface area contributed by atoms with Crippen molar-refractivity contribution in [2.75, 3.05) is 25.6 Å². The lowest BCUT2D eigenvalue weighted by Crippen LogP contribution is -2.36. The second kappa shape index (κ2) is 12.3. The molecule has 1 aromatic rings. The number of ether oxygens (including phenoxy) is 2. The zero-order valence-electron chi connectivity index (χ0n) is 16.5. The van der Waals surface area contributed by atoms with Crippen LogP contribution in [0.1, 0.15) is 49.9 Å². The molecule has 0 unspecified atom stereocenters. The number of nitrogens with zero attached hydrogens (tertiary/aromatic N) is 2. The number of carbonyl (C=O) groups is 2. The van der Waals surface area contributed by atoms with E-state index in [9.17, 15) is 19.7 Å². The number of hydrogen-bond donors (Lipinski definition) is 0. The van der Waals surface area contributed by atoms with E-state index in [4.69, 9.17) is 9.47 Å². The summed E-state index contributed by atoms with van der Waals surface area (Å²) < 4.78 is 10.6. The van der Waals surface area contributed by atoms with Gasteiger partial charge in [-0.25, -0.2) is 0 Å². The summed E-state index contributed by atoms with van der Waals surface area (Å²) in [6, 6.07) is 1.93. The average Bonchev–Trinajstić information content (AvgIpc) is 3.19. The van der Waals surface area contributed by atoms with E-state index < -0.39 is 16.9 Å². The zero-order valence-corrected chi connectivity index (χ0v) is 18.1. The molecule has 0 aliphatic carbocycles. The molecule has 0 radical (unpaired) electrons. The van der Waals surface area contributed by atoms with E-state index in [-0.39, 0.29) is 22.7 Å². The molecular formula is C19H27BrN2O6. The van der Waals surface area contributed by atoms with Crippen LogP contribution in [-0.4, -0.2) is 53.6 Å². The van der Waals surface area contributed by atoms with Crippen LogP contribution in [0.15, 0.2) is 12.1 Å². The molecule has 1 aliphatic rings. The van der Waals surface area contributed by atoms with Crippen molar-refractivity contribution in [3.63, 3.8) is 0 Å². The molecule has 0 aromatic heterocycles. The lowest BCUT2D eigenvalue weighted by atomic mass is 10.1. The molecular weight excluding hydrogens is 432 g/mol. The summed E-state index contributed by atoms with van der Waals surface area (Å²) in [6.07, 6.45) is 4.58. The molecule has 1 heterocycles. The molecule has 28 heavy (non-hydrogen) atoms.